The van der Waals surface area contributed by atoms with Crippen LogP contribution in [0.5, 0.6) is 5.75 Å². The summed E-state index contributed by atoms with van der Waals surface area (Å²) in [6.07, 6.45) is 1.31. The SMILES string of the molecule is Nc1ccccc1OCCS(=O)(=O)NCc1ncn[nH]1. The Bertz CT molecular complexity index is 642. The molecule has 0 saturated heterocycles. The monoisotopic (exact) mass is 297 g/mol. The number of H-pyrrole nitrogens is 1. The van der Waals surface area contributed by atoms with Crippen LogP contribution < -0.4 is 15.2 Å². The second-order valence-corrected chi connectivity index (χ2v) is 5.88. The Hall–Kier alpha value is -2.13. The fourth-order valence-corrected chi connectivity index (χ4v) is 2.24. The minimum Gasteiger partial charge on any atom is -0.490 e. The van der Waals surface area contributed by atoms with E-state index < -0.39 is 10.0 Å². The molecule has 0 spiro atoms. The minimum atomic E-state index is -3.44. The van der Waals surface area contributed by atoms with Gasteiger partial charge >= 0.3 is 0 Å². The topological polar surface area (TPSA) is 123 Å². The van der Waals surface area contributed by atoms with Crippen molar-refractivity contribution in [2.45, 2.75) is 6.54 Å². The number of ether oxygens (including phenoxy) is 1. The van der Waals surface area contributed by atoms with Gasteiger partial charge in [-0.2, -0.15) is 5.10 Å². The molecule has 0 amide bonds. The van der Waals surface area contributed by atoms with E-state index in [9.17, 15) is 8.42 Å². The van der Waals surface area contributed by atoms with Crippen LogP contribution in [0.1, 0.15) is 5.82 Å². The molecule has 1 aromatic heterocycles. The van der Waals surface area contributed by atoms with Crippen molar-refractivity contribution >= 4 is 15.7 Å². The lowest BCUT2D eigenvalue weighted by atomic mass is 10.3. The zero-order chi connectivity index (χ0) is 14.4. The summed E-state index contributed by atoms with van der Waals surface area (Å²) in [5.41, 5.74) is 6.16. The number of benzene rings is 1. The zero-order valence-electron chi connectivity index (χ0n) is 10.6. The van der Waals surface area contributed by atoms with Gasteiger partial charge in [0.25, 0.3) is 0 Å². The van der Waals surface area contributed by atoms with Gasteiger partial charge in [0.15, 0.2) is 0 Å². The van der Waals surface area contributed by atoms with Gasteiger partial charge < -0.3 is 10.5 Å². The molecule has 0 atom stereocenters. The van der Waals surface area contributed by atoms with Crippen LogP contribution in [0.25, 0.3) is 0 Å². The summed E-state index contributed by atoms with van der Waals surface area (Å²) < 4.78 is 31.2. The van der Waals surface area contributed by atoms with Crippen molar-refractivity contribution in [3.63, 3.8) is 0 Å². The van der Waals surface area contributed by atoms with E-state index >= 15 is 0 Å². The lowest BCUT2D eigenvalue weighted by Crippen LogP contribution is -2.29. The molecule has 1 aromatic carbocycles. The summed E-state index contributed by atoms with van der Waals surface area (Å²) >= 11 is 0. The summed E-state index contributed by atoms with van der Waals surface area (Å²) in [5.74, 6) is 0.745. The summed E-state index contributed by atoms with van der Waals surface area (Å²) in [5, 5.41) is 6.19. The molecule has 0 aliphatic heterocycles. The molecule has 2 aromatic rings. The predicted octanol–water partition coefficient (Wildman–Crippen LogP) is -0.115. The number of anilines is 1. The van der Waals surface area contributed by atoms with E-state index in [0.717, 1.165) is 0 Å². The number of nitrogen functional groups attached to an aromatic ring is 1. The van der Waals surface area contributed by atoms with Crippen LogP contribution in [0, 0.1) is 0 Å². The lowest BCUT2D eigenvalue weighted by Gasteiger charge is -2.09. The van der Waals surface area contributed by atoms with Crippen molar-refractivity contribution in [1.82, 2.24) is 19.9 Å². The van der Waals surface area contributed by atoms with Gasteiger partial charge in [0, 0.05) is 0 Å². The molecule has 0 saturated carbocycles. The first-order chi connectivity index (χ1) is 9.57. The Morgan fingerprint density at radius 1 is 1.35 bits per heavy atom. The number of nitrogens with zero attached hydrogens (tertiary/aromatic N) is 2. The first kappa shape index (κ1) is 14.3. The Kier molecular flexibility index (Phi) is 4.53. The smallest absolute Gasteiger partial charge is 0.215 e. The third-order valence-electron chi connectivity index (χ3n) is 2.45. The number of sulfonamides is 1. The molecular formula is C11H15N5O3S. The van der Waals surface area contributed by atoms with Crippen molar-refractivity contribution in [1.29, 1.82) is 0 Å². The molecule has 0 radical (unpaired) electrons. The number of rotatable bonds is 7. The molecule has 20 heavy (non-hydrogen) atoms. The van der Waals surface area contributed by atoms with Crippen molar-refractivity contribution in [3.05, 3.63) is 36.4 Å². The van der Waals surface area contributed by atoms with Gasteiger partial charge in [-0.15, -0.1) is 0 Å². The van der Waals surface area contributed by atoms with Gasteiger partial charge in [-0.1, -0.05) is 12.1 Å². The largest absolute Gasteiger partial charge is 0.490 e. The Morgan fingerprint density at radius 2 is 2.15 bits per heavy atom. The van der Waals surface area contributed by atoms with E-state index in [0.29, 0.717) is 17.3 Å². The average molecular weight is 297 g/mol. The second-order valence-electron chi connectivity index (χ2n) is 3.96. The van der Waals surface area contributed by atoms with E-state index in [4.69, 9.17) is 10.5 Å². The maximum absolute atomic E-state index is 11.7. The molecule has 0 aliphatic carbocycles. The predicted molar refractivity (Wildman–Crippen MR) is 73.4 cm³/mol. The molecule has 0 bridgehead atoms. The number of aromatic nitrogens is 3. The van der Waals surface area contributed by atoms with Crippen LogP contribution in [-0.2, 0) is 16.6 Å². The van der Waals surface area contributed by atoms with Crippen LogP contribution in [0.3, 0.4) is 0 Å². The van der Waals surface area contributed by atoms with E-state index in [1.54, 1.807) is 24.3 Å². The molecule has 0 fully saturated rings. The molecule has 8 nitrogen and oxygen atoms in total. The average Bonchev–Trinajstić information content (AvgIpc) is 2.92. The normalized spacial score (nSPS) is 11.4. The number of hydrogen-bond donors (Lipinski definition) is 3. The highest BCUT2D eigenvalue weighted by molar-refractivity contribution is 7.89. The summed E-state index contributed by atoms with van der Waals surface area (Å²) in [4.78, 5) is 3.82. The van der Waals surface area contributed by atoms with Gasteiger partial charge in [-0.05, 0) is 12.1 Å². The molecule has 0 aliphatic rings. The Labute approximate surface area is 116 Å². The van der Waals surface area contributed by atoms with Gasteiger partial charge in [0.1, 0.15) is 24.5 Å². The van der Waals surface area contributed by atoms with Gasteiger partial charge in [-0.25, -0.2) is 18.1 Å². The number of nitrogens with two attached hydrogens (primary N) is 1. The highest BCUT2D eigenvalue weighted by Crippen LogP contribution is 2.19. The van der Waals surface area contributed by atoms with Gasteiger partial charge in [-0.3, -0.25) is 5.10 Å². The van der Waals surface area contributed by atoms with E-state index in [1.165, 1.54) is 6.33 Å². The van der Waals surface area contributed by atoms with Crippen LogP contribution in [0.2, 0.25) is 0 Å². The molecule has 4 N–H and O–H groups in total. The standard InChI is InChI=1S/C11H15N5O3S/c12-9-3-1-2-4-10(9)19-5-6-20(17,18)15-7-11-13-8-14-16-11/h1-4,8,15H,5-7,12H2,(H,13,14,16). The van der Waals surface area contributed by atoms with Crippen LogP contribution in [-0.4, -0.2) is 36.0 Å². The molecule has 1 heterocycles. The third-order valence-corrected chi connectivity index (χ3v) is 3.74. The van der Waals surface area contributed by atoms with Crippen LogP contribution >= 0.6 is 0 Å². The number of nitrogens with one attached hydrogen (secondary N) is 2. The fraction of sp³-hybridized carbons (Fsp3) is 0.273. The van der Waals surface area contributed by atoms with Crippen LogP contribution in [0.15, 0.2) is 30.6 Å². The number of para-hydroxylation sites is 2. The molecule has 0 unspecified atom stereocenters. The zero-order valence-corrected chi connectivity index (χ0v) is 11.4. The summed E-state index contributed by atoms with van der Waals surface area (Å²) in [7, 11) is -3.44. The molecule has 2 rings (SSSR count). The van der Waals surface area contributed by atoms with E-state index in [1.807, 2.05) is 0 Å². The second kappa shape index (κ2) is 6.35. The molecular weight excluding hydrogens is 282 g/mol. The highest BCUT2D eigenvalue weighted by atomic mass is 32.2. The molecule has 108 valence electrons. The number of aromatic amines is 1. The Balaban J connectivity index is 1.79. The minimum absolute atomic E-state index is 0.0138. The summed E-state index contributed by atoms with van der Waals surface area (Å²) in [6.45, 7) is 0.0791. The fourth-order valence-electron chi connectivity index (χ4n) is 1.44. The maximum Gasteiger partial charge on any atom is 0.215 e. The van der Waals surface area contributed by atoms with Crippen LogP contribution in [0.4, 0.5) is 5.69 Å². The lowest BCUT2D eigenvalue weighted by molar-refractivity contribution is 0.342. The van der Waals surface area contributed by atoms with Crippen molar-refractivity contribution < 1.29 is 13.2 Å². The van der Waals surface area contributed by atoms with E-state index in [2.05, 4.69) is 19.9 Å². The first-order valence-electron chi connectivity index (χ1n) is 5.86. The maximum atomic E-state index is 11.7. The van der Waals surface area contributed by atoms with Gasteiger partial charge in [0.05, 0.1) is 18.0 Å². The Morgan fingerprint density at radius 3 is 2.85 bits per heavy atom. The number of hydrogen-bond acceptors (Lipinski definition) is 6. The third kappa shape index (κ3) is 4.21. The van der Waals surface area contributed by atoms with Crippen molar-refractivity contribution in [2.24, 2.45) is 0 Å². The summed E-state index contributed by atoms with van der Waals surface area (Å²) in [6, 6.07) is 6.91. The first-order valence-corrected chi connectivity index (χ1v) is 7.51. The van der Waals surface area contributed by atoms with Crippen molar-refractivity contribution in [2.75, 3.05) is 18.1 Å². The van der Waals surface area contributed by atoms with E-state index in [-0.39, 0.29) is 18.9 Å². The van der Waals surface area contributed by atoms with Crippen molar-refractivity contribution in [3.8, 4) is 5.75 Å². The molecule has 9 heteroatoms. The quantitative estimate of drug-likeness (QED) is 0.612. The van der Waals surface area contributed by atoms with Gasteiger partial charge in [0.2, 0.25) is 10.0 Å². The highest BCUT2D eigenvalue weighted by Gasteiger charge is 2.11.